The molecule has 1 N–H and O–H groups in total. The van der Waals surface area contributed by atoms with Gasteiger partial charge in [0.15, 0.2) is 0 Å². The number of nitrogens with zero attached hydrogens (tertiary/aromatic N) is 1. The minimum atomic E-state index is -0.0502. The summed E-state index contributed by atoms with van der Waals surface area (Å²) in [6.07, 6.45) is 0.802. The molecule has 0 unspecified atom stereocenters. The maximum absolute atomic E-state index is 12.4. The molecule has 2 aromatic heterocycles. The highest BCUT2D eigenvalue weighted by atomic mass is 32.1. The lowest BCUT2D eigenvalue weighted by Gasteiger charge is -2.06. The van der Waals surface area contributed by atoms with Gasteiger partial charge in [-0.2, -0.15) is 0 Å². The van der Waals surface area contributed by atoms with Crippen LogP contribution in [0.3, 0.4) is 0 Å². The zero-order valence-electron chi connectivity index (χ0n) is 14.6. The molecular formula is C21H18N2OS2. The highest BCUT2D eigenvalue weighted by Crippen LogP contribution is 2.25. The fraction of sp³-hybridized carbons (Fsp3) is 0.143. The Morgan fingerprint density at radius 3 is 2.50 bits per heavy atom. The number of rotatable bonds is 4. The van der Waals surface area contributed by atoms with Gasteiger partial charge in [-0.3, -0.25) is 4.79 Å². The molecule has 4 aromatic rings. The fourth-order valence-corrected chi connectivity index (χ4v) is 4.85. The van der Waals surface area contributed by atoms with Gasteiger partial charge in [0, 0.05) is 21.9 Å². The van der Waals surface area contributed by atoms with E-state index in [4.69, 9.17) is 0 Å². The van der Waals surface area contributed by atoms with Gasteiger partial charge in [-0.1, -0.05) is 24.3 Å². The highest BCUT2D eigenvalue weighted by Gasteiger charge is 2.12. The van der Waals surface area contributed by atoms with Crippen molar-refractivity contribution in [3.63, 3.8) is 0 Å². The number of carbonyl (C=O) groups excluding carboxylic acids is 1. The predicted octanol–water partition coefficient (Wildman–Crippen LogP) is 5.82. The van der Waals surface area contributed by atoms with Crippen molar-refractivity contribution in [3.8, 4) is 0 Å². The van der Waals surface area contributed by atoms with E-state index in [0.717, 1.165) is 38.0 Å². The SMILES string of the molecule is Cc1cc(C(=O)Nc2ccc(Cc3nc4ccccc4s3)cc2)c(C)s1. The minimum Gasteiger partial charge on any atom is -0.322 e. The van der Waals surface area contributed by atoms with Gasteiger partial charge in [0.2, 0.25) is 0 Å². The summed E-state index contributed by atoms with van der Waals surface area (Å²) < 4.78 is 1.22. The monoisotopic (exact) mass is 378 g/mol. The summed E-state index contributed by atoms with van der Waals surface area (Å²) in [4.78, 5) is 19.3. The van der Waals surface area contributed by atoms with Crippen LogP contribution in [0.4, 0.5) is 5.69 Å². The van der Waals surface area contributed by atoms with Crippen LogP contribution in [0.25, 0.3) is 10.2 Å². The average molecular weight is 379 g/mol. The van der Waals surface area contributed by atoms with E-state index < -0.39 is 0 Å². The molecular weight excluding hydrogens is 360 g/mol. The number of thiophene rings is 1. The van der Waals surface area contributed by atoms with Crippen molar-refractivity contribution in [2.45, 2.75) is 20.3 Å². The lowest BCUT2D eigenvalue weighted by atomic mass is 10.1. The van der Waals surface area contributed by atoms with E-state index in [-0.39, 0.29) is 5.91 Å². The summed E-state index contributed by atoms with van der Waals surface area (Å²) in [5.41, 5.74) is 3.81. The normalized spacial score (nSPS) is 11.0. The van der Waals surface area contributed by atoms with E-state index in [1.807, 2.05) is 62.4 Å². The Balaban J connectivity index is 1.46. The van der Waals surface area contributed by atoms with Crippen molar-refractivity contribution in [2.24, 2.45) is 0 Å². The number of nitrogens with one attached hydrogen (secondary N) is 1. The molecule has 26 heavy (non-hydrogen) atoms. The molecule has 3 nitrogen and oxygen atoms in total. The molecule has 0 spiro atoms. The van der Waals surface area contributed by atoms with Crippen LogP contribution in [0.1, 0.15) is 30.7 Å². The second-order valence-corrected chi connectivity index (χ2v) is 8.81. The van der Waals surface area contributed by atoms with Crippen molar-refractivity contribution in [2.75, 3.05) is 5.32 Å². The summed E-state index contributed by atoms with van der Waals surface area (Å²) in [6.45, 7) is 4.00. The van der Waals surface area contributed by atoms with E-state index in [2.05, 4.69) is 16.4 Å². The van der Waals surface area contributed by atoms with Crippen LogP contribution in [0, 0.1) is 13.8 Å². The van der Waals surface area contributed by atoms with E-state index in [1.54, 1.807) is 22.7 Å². The Morgan fingerprint density at radius 2 is 1.81 bits per heavy atom. The minimum absolute atomic E-state index is 0.0502. The van der Waals surface area contributed by atoms with E-state index in [0.29, 0.717) is 0 Å². The Kier molecular flexibility index (Phi) is 4.57. The number of aryl methyl sites for hydroxylation is 2. The quantitative estimate of drug-likeness (QED) is 0.486. The second kappa shape index (κ2) is 7.02. The summed E-state index contributed by atoms with van der Waals surface area (Å²) in [5.74, 6) is -0.0502. The van der Waals surface area contributed by atoms with E-state index in [9.17, 15) is 4.79 Å². The lowest BCUT2D eigenvalue weighted by Crippen LogP contribution is -2.11. The van der Waals surface area contributed by atoms with Gasteiger partial charge in [-0.25, -0.2) is 4.98 Å². The number of hydrogen-bond acceptors (Lipinski definition) is 4. The first kappa shape index (κ1) is 16.9. The lowest BCUT2D eigenvalue weighted by molar-refractivity contribution is 0.102. The molecule has 0 saturated heterocycles. The zero-order valence-corrected chi connectivity index (χ0v) is 16.2. The molecule has 0 atom stereocenters. The number of amides is 1. The second-order valence-electron chi connectivity index (χ2n) is 6.23. The summed E-state index contributed by atoms with van der Waals surface area (Å²) in [6, 6.07) is 18.1. The van der Waals surface area contributed by atoms with Crippen LogP contribution in [0.5, 0.6) is 0 Å². The summed E-state index contributed by atoms with van der Waals surface area (Å²) >= 11 is 3.38. The van der Waals surface area contributed by atoms with Crippen molar-refractivity contribution < 1.29 is 4.79 Å². The third kappa shape index (κ3) is 3.54. The number of anilines is 1. The van der Waals surface area contributed by atoms with Crippen LogP contribution in [-0.2, 0) is 6.42 Å². The zero-order chi connectivity index (χ0) is 18.1. The Morgan fingerprint density at radius 1 is 1.04 bits per heavy atom. The van der Waals surface area contributed by atoms with E-state index in [1.165, 1.54) is 10.3 Å². The van der Waals surface area contributed by atoms with Crippen LogP contribution in [-0.4, -0.2) is 10.9 Å². The van der Waals surface area contributed by atoms with Crippen molar-refractivity contribution in [3.05, 3.63) is 80.5 Å². The largest absolute Gasteiger partial charge is 0.322 e. The molecule has 5 heteroatoms. The van der Waals surface area contributed by atoms with Gasteiger partial charge in [-0.15, -0.1) is 22.7 Å². The number of carbonyl (C=O) groups is 1. The Labute approximate surface area is 160 Å². The molecule has 0 bridgehead atoms. The molecule has 2 aromatic carbocycles. The molecule has 0 saturated carbocycles. The number of fused-ring (bicyclic) bond motifs is 1. The number of thiazole rings is 1. The molecule has 130 valence electrons. The maximum atomic E-state index is 12.4. The number of para-hydroxylation sites is 1. The van der Waals surface area contributed by atoms with Gasteiger partial charge >= 0.3 is 0 Å². The first-order chi connectivity index (χ1) is 12.6. The predicted molar refractivity (Wildman–Crippen MR) is 111 cm³/mol. The van der Waals surface area contributed by atoms with E-state index >= 15 is 0 Å². The maximum Gasteiger partial charge on any atom is 0.256 e. The van der Waals surface area contributed by atoms with Crippen LogP contribution in [0.2, 0.25) is 0 Å². The molecule has 0 aliphatic heterocycles. The van der Waals surface area contributed by atoms with Gasteiger partial charge in [0.05, 0.1) is 20.8 Å². The Bertz CT molecular complexity index is 1040. The average Bonchev–Trinajstić information content (AvgIpc) is 3.18. The highest BCUT2D eigenvalue weighted by molar-refractivity contribution is 7.18. The first-order valence-corrected chi connectivity index (χ1v) is 10.0. The summed E-state index contributed by atoms with van der Waals surface area (Å²) in [5, 5.41) is 4.08. The number of hydrogen-bond donors (Lipinski definition) is 1. The van der Waals surface area contributed by atoms with Crippen LogP contribution in [0.15, 0.2) is 54.6 Å². The van der Waals surface area contributed by atoms with Crippen LogP contribution < -0.4 is 5.32 Å². The van der Waals surface area contributed by atoms with Gasteiger partial charge in [0.1, 0.15) is 0 Å². The summed E-state index contributed by atoms with van der Waals surface area (Å²) in [7, 11) is 0. The molecule has 2 heterocycles. The molecule has 0 aliphatic rings. The molecule has 0 aliphatic carbocycles. The fourth-order valence-electron chi connectivity index (χ4n) is 2.93. The van der Waals surface area contributed by atoms with Gasteiger partial charge in [-0.05, 0) is 49.7 Å². The molecule has 4 rings (SSSR count). The Hall–Kier alpha value is -2.50. The number of benzene rings is 2. The van der Waals surface area contributed by atoms with Crippen molar-refractivity contribution >= 4 is 44.5 Å². The smallest absolute Gasteiger partial charge is 0.256 e. The van der Waals surface area contributed by atoms with Gasteiger partial charge in [0.25, 0.3) is 5.91 Å². The molecule has 0 fully saturated rings. The van der Waals surface area contributed by atoms with Crippen molar-refractivity contribution in [1.82, 2.24) is 4.98 Å². The molecule has 0 radical (unpaired) electrons. The third-order valence-electron chi connectivity index (χ3n) is 4.19. The number of aromatic nitrogens is 1. The van der Waals surface area contributed by atoms with Gasteiger partial charge < -0.3 is 5.32 Å². The standard InChI is InChI=1S/C21H18N2OS2/c1-13-11-17(14(2)25-13)21(24)22-16-9-7-15(8-10-16)12-20-23-18-5-3-4-6-19(18)26-20/h3-11H,12H2,1-2H3,(H,22,24). The first-order valence-electron chi connectivity index (χ1n) is 8.40. The third-order valence-corrected chi connectivity index (χ3v) is 6.19. The van der Waals surface area contributed by atoms with Crippen LogP contribution >= 0.6 is 22.7 Å². The topological polar surface area (TPSA) is 42.0 Å². The van der Waals surface area contributed by atoms with Crippen molar-refractivity contribution in [1.29, 1.82) is 0 Å². The molecule has 1 amide bonds.